The molecule has 2 aromatic rings. The number of carboxylic acid groups (broad SMARTS) is 1. The number of amides is 1. The summed E-state index contributed by atoms with van der Waals surface area (Å²) < 4.78 is 5.07. The Morgan fingerprint density at radius 1 is 1.42 bits per heavy atom. The van der Waals surface area contributed by atoms with Crippen LogP contribution in [0.25, 0.3) is 0 Å². The zero-order chi connectivity index (χ0) is 17.1. The smallest absolute Gasteiger partial charge is 0.313 e. The van der Waals surface area contributed by atoms with E-state index in [0.29, 0.717) is 36.4 Å². The third-order valence-electron chi connectivity index (χ3n) is 4.21. The zero-order valence-electron chi connectivity index (χ0n) is 13.2. The molecule has 0 bridgehead atoms. The molecule has 126 valence electrons. The fourth-order valence-corrected chi connectivity index (χ4v) is 3.76. The van der Waals surface area contributed by atoms with Gasteiger partial charge in [0.15, 0.2) is 0 Å². The highest BCUT2D eigenvalue weighted by Gasteiger charge is 2.44. The summed E-state index contributed by atoms with van der Waals surface area (Å²) in [5, 5.41) is 11.7. The highest BCUT2D eigenvalue weighted by molar-refractivity contribution is 7.07. The third kappa shape index (κ3) is 2.92. The molecule has 1 aromatic carbocycles. The molecular formula is C17H18N2O4S. The maximum Gasteiger partial charge on any atom is 0.313 e. The van der Waals surface area contributed by atoms with Gasteiger partial charge >= 0.3 is 5.97 Å². The van der Waals surface area contributed by atoms with Crippen LogP contribution in [0.3, 0.4) is 0 Å². The van der Waals surface area contributed by atoms with E-state index in [0.717, 1.165) is 0 Å². The van der Waals surface area contributed by atoms with Crippen LogP contribution in [-0.4, -0.2) is 47.1 Å². The molecule has 1 aliphatic heterocycles. The van der Waals surface area contributed by atoms with Gasteiger partial charge in [0.1, 0.15) is 5.92 Å². The van der Waals surface area contributed by atoms with Crippen molar-refractivity contribution in [2.24, 2.45) is 0 Å². The Morgan fingerprint density at radius 2 is 2.21 bits per heavy atom. The number of benzene rings is 1. The van der Waals surface area contributed by atoms with Crippen LogP contribution in [0.4, 0.5) is 0 Å². The lowest BCUT2D eigenvalue weighted by Gasteiger charge is -2.39. The van der Waals surface area contributed by atoms with Crippen molar-refractivity contribution in [1.82, 2.24) is 9.88 Å². The van der Waals surface area contributed by atoms with Gasteiger partial charge in [0.05, 0.1) is 17.2 Å². The van der Waals surface area contributed by atoms with Crippen molar-refractivity contribution in [3.05, 3.63) is 52.0 Å². The van der Waals surface area contributed by atoms with Crippen molar-refractivity contribution in [3.63, 3.8) is 0 Å². The van der Waals surface area contributed by atoms with Crippen LogP contribution in [0.2, 0.25) is 0 Å². The molecule has 1 aliphatic rings. The predicted molar refractivity (Wildman–Crippen MR) is 89.2 cm³/mol. The molecule has 2 unspecified atom stereocenters. The van der Waals surface area contributed by atoms with Crippen LogP contribution >= 0.6 is 11.3 Å². The van der Waals surface area contributed by atoms with Crippen molar-refractivity contribution in [3.8, 4) is 0 Å². The number of fused-ring (bicyclic) bond motifs is 1. The minimum atomic E-state index is -0.954. The van der Waals surface area contributed by atoms with Crippen LogP contribution in [0.5, 0.6) is 0 Å². The Balaban J connectivity index is 2.09. The summed E-state index contributed by atoms with van der Waals surface area (Å²) in [6, 6.07) is 6.33. The number of methoxy groups -OCH3 is 1. The fraction of sp³-hybridized carbons (Fsp3) is 0.353. The van der Waals surface area contributed by atoms with Gasteiger partial charge in [-0.05, 0) is 18.1 Å². The number of aliphatic carboxylic acids is 1. The number of aromatic nitrogens is 1. The molecule has 0 saturated heterocycles. The second-order valence-corrected chi connectivity index (χ2v) is 6.32. The number of carbonyl (C=O) groups excluding carboxylic acids is 1. The minimum Gasteiger partial charge on any atom is -0.481 e. The second kappa shape index (κ2) is 7.11. The van der Waals surface area contributed by atoms with E-state index in [-0.39, 0.29) is 5.91 Å². The Kier molecular flexibility index (Phi) is 4.92. The van der Waals surface area contributed by atoms with Crippen LogP contribution < -0.4 is 0 Å². The van der Waals surface area contributed by atoms with Gasteiger partial charge in [-0.15, -0.1) is 11.3 Å². The first-order chi connectivity index (χ1) is 11.6. The largest absolute Gasteiger partial charge is 0.481 e. The van der Waals surface area contributed by atoms with Gasteiger partial charge in [-0.2, -0.15) is 0 Å². The molecule has 0 fully saturated rings. The van der Waals surface area contributed by atoms with Gasteiger partial charge in [0.25, 0.3) is 5.91 Å². The predicted octanol–water partition coefficient (Wildman–Crippen LogP) is 2.54. The van der Waals surface area contributed by atoms with Crippen LogP contribution in [0.15, 0.2) is 35.2 Å². The second-order valence-electron chi connectivity index (χ2n) is 5.61. The molecule has 1 N–H and O–H groups in total. The average molecular weight is 346 g/mol. The quantitative estimate of drug-likeness (QED) is 0.813. The van der Waals surface area contributed by atoms with Crippen molar-refractivity contribution in [2.75, 3.05) is 20.3 Å². The number of rotatable bonds is 6. The number of hydrogen-bond acceptors (Lipinski definition) is 5. The minimum absolute atomic E-state index is 0.155. The van der Waals surface area contributed by atoms with Crippen molar-refractivity contribution >= 4 is 23.2 Å². The standard InChI is InChI=1S/C17H18N2O4S/c1-23-8-4-7-19-15(13-9-24-10-18-13)14(17(21)22)11-5-2-3-6-12(11)16(19)20/h2-3,5-6,9-10,14-15H,4,7-8H2,1H3,(H,21,22). The van der Waals surface area contributed by atoms with E-state index < -0.39 is 17.9 Å². The third-order valence-corrected chi connectivity index (χ3v) is 4.81. The first-order valence-corrected chi connectivity index (χ1v) is 8.59. The first-order valence-electron chi connectivity index (χ1n) is 7.65. The van der Waals surface area contributed by atoms with Crippen LogP contribution in [-0.2, 0) is 9.53 Å². The van der Waals surface area contributed by atoms with Crippen molar-refractivity contribution < 1.29 is 19.4 Å². The van der Waals surface area contributed by atoms with E-state index in [1.165, 1.54) is 11.3 Å². The van der Waals surface area contributed by atoms with E-state index in [2.05, 4.69) is 4.98 Å². The summed E-state index contributed by atoms with van der Waals surface area (Å²) in [4.78, 5) is 30.9. The molecule has 2 heterocycles. The highest BCUT2D eigenvalue weighted by Crippen LogP contribution is 2.42. The van der Waals surface area contributed by atoms with Gasteiger partial charge in [-0.25, -0.2) is 4.98 Å². The Hall–Kier alpha value is -2.25. The summed E-state index contributed by atoms with van der Waals surface area (Å²) in [7, 11) is 1.60. The summed E-state index contributed by atoms with van der Waals surface area (Å²) in [6.07, 6.45) is 0.636. The summed E-state index contributed by atoms with van der Waals surface area (Å²) in [5.74, 6) is -1.94. The van der Waals surface area contributed by atoms with Gasteiger partial charge in [0.2, 0.25) is 0 Å². The normalized spacial score (nSPS) is 20.0. The van der Waals surface area contributed by atoms with Gasteiger partial charge < -0.3 is 14.7 Å². The molecule has 2 atom stereocenters. The molecule has 0 aliphatic carbocycles. The number of nitrogens with zero attached hydrogens (tertiary/aromatic N) is 2. The zero-order valence-corrected chi connectivity index (χ0v) is 14.0. The molecule has 24 heavy (non-hydrogen) atoms. The Bertz CT molecular complexity index is 732. The molecule has 1 aromatic heterocycles. The Labute approximate surface area is 143 Å². The molecule has 0 spiro atoms. The molecular weight excluding hydrogens is 328 g/mol. The molecule has 0 saturated carbocycles. The monoisotopic (exact) mass is 346 g/mol. The van der Waals surface area contributed by atoms with E-state index in [4.69, 9.17) is 4.74 Å². The topological polar surface area (TPSA) is 79.7 Å². The van der Waals surface area contributed by atoms with E-state index in [1.807, 2.05) is 5.38 Å². The molecule has 6 nitrogen and oxygen atoms in total. The van der Waals surface area contributed by atoms with Crippen LogP contribution in [0, 0.1) is 0 Å². The number of thiazole rings is 1. The Morgan fingerprint density at radius 3 is 2.88 bits per heavy atom. The number of hydrogen-bond donors (Lipinski definition) is 1. The lowest BCUT2D eigenvalue weighted by atomic mass is 9.81. The molecule has 7 heteroatoms. The van der Waals surface area contributed by atoms with Gasteiger partial charge in [-0.1, -0.05) is 18.2 Å². The highest BCUT2D eigenvalue weighted by atomic mass is 32.1. The SMILES string of the molecule is COCCCN1C(=O)c2ccccc2C(C(=O)O)C1c1cscn1. The van der Waals surface area contributed by atoms with E-state index in [9.17, 15) is 14.7 Å². The molecule has 0 radical (unpaired) electrons. The number of carbonyl (C=O) groups is 2. The lowest BCUT2D eigenvalue weighted by molar-refractivity contribution is -0.140. The molecule has 1 amide bonds. The van der Waals surface area contributed by atoms with Crippen molar-refractivity contribution in [1.29, 1.82) is 0 Å². The first kappa shape index (κ1) is 16.6. The molecule has 3 rings (SSSR count). The van der Waals surface area contributed by atoms with Gasteiger partial charge in [-0.3, -0.25) is 9.59 Å². The maximum atomic E-state index is 13.0. The average Bonchev–Trinajstić information content (AvgIpc) is 3.10. The van der Waals surface area contributed by atoms with E-state index >= 15 is 0 Å². The fourth-order valence-electron chi connectivity index (χ4n) is 3.18. The van der Waals surface area contributed by atoms with Gasteiger partial charge in [0, 0.05) is 31.2 Å². The number of ether oxygens (including phenoxy) is 1. The summed E-state index contributed by atoms with van der Waals surface area (Å²) in [6.45, 7) is 0.930. The number of carboxylic acids is 1. The lowest BCUT2D eigenvalue weighted by Crippen LogP contribution is -2.45. The summed E-state index contributed by atoms with van der Waals surface area (Å²) in [5.41, 5.74) is 3.28. The van der Waals surface area contributed by atoms with E-state index in [1.54, 1.807) is 41.8 Å². The van der Waals surface area contributed by atoms with Crippen LogP contribution in [0.1, 0.15) is 40.0 Å². The van der Waals surface area contributed by atoms with Crippen molar-refractivity contribution in [2.45, 2.75) is 18.4 Å². The summed E-state index contributed by atoms with van der Waals surface area (Å²) >= 11 is 1.39. The maximum absolute atomic E-state index is 13.0.